The van der Waals surface area contributed by atoms with Crippen molar-refractivity contribution in [1.29, 1.82) is 0 Å². The topological polar surface area (TPSA) is 0 Å². The Balaban J connectivity index is 0.00000186. The van der Waals surface area contributed by atoms with Crippen LogP contribution in [0.15, 0.2) is 164 Å². The number of fused-ring (bicyclic) bond motifs is 3. The van der Waals surface area contributed by atoms with E-state index in [1.165, 1.54) is 105 Å². The predicted octanol–water partition coefficient (Wildman–Crippen LogP) is 3.30. The Morgan fingerprint density at radius 3 is 1.43 bits per heavy atom. The fourth-order valence-corrected chi connectivity index (χ4v) is 8.13. The van der Waals surface area contributed by atoms with Crippen LogP contribution in [0.3, 0.4) is 0 Å². The second-order valence-electron chi connectivity index (χ2n) is 11.3. The fourth-order valence-electron chi connectivity index (χ4n) is 6.98. The molecule has 0 fully saturated rings. The van der Waals surface area contributed by atoms with E-state index >= 15 is 0 Å². The van der Waals surface area contributed by atoms with Crippen LogP contribution in [0, 0.1) is 0 Å². The Morgan fingerprint density at radius 2 is 0.935 bits per heavy atom. The number of allylic oxidation sites excluding steroid dienone is 4. The molecule has 2 aliphatic carbocycles. The maximum atomic E-state index is 2.34. The molecule has 0 heterocycles. The van der Waals surface area contributed by atoms with Crippen LogP contribution < -0.4 is 35.3 Å². The van der Waals surface area contributed by atoms with Crippen molar-refractivity contribution < 1.29 is 49.5 Å². The van der Waals surface area contributed by atoms with Crippen molar-refractivity contribution in [2.45, 2.75) is 6.42 Å². The van der Waals surface area contributed by atoms with Gasteiger partial charge in [-0.1, -0.05) is 0 Å². The van der Waals surface area contributed by atoms with Crippen LogP contribution in [0.2, 0.25) is 0 Å². The molecule has 3 heteroatoms. The van der Waals surface area contributed by atoms with E-state index in [9.17, 15) is 0 Å². The first-order valence-corrected chi connectivity index (χ1v) is 16.4. The first-order chi connectivity index (χ1) is 21.8. The van der Waals surface area contributed by atoms with Crippen LogP contribution in [0.4, 0.5) is 0 Å². The molecule has 0 aromatic heterocycles. The third kappa shape index (κ3) is 5.42. The van der Waals surface area contributed by atoms with Gasteiger partial charge in [-0.3, -0.25) is 0 Å². The quantitative estimate of drug-likeness (QED) is 0.258. The standard InChI is InChI=1S/C43H29.2ClH.Zr/c1-5-17-30(18-6-1)38(31-19-7-2-8-20-31)43-40(33-21-9-3-10-22-33)39(32-25-13-14-26-32)37-29-35-27-15-16-28-36(35)42(37)41(43)34-23-11-4-12-24-34;;;/h1-25,27-28H,26H2;2*1H;/q;;;+2/p-2. The molecule has 219 valence electrons. The summed E-state index contributed by atoms with van der Waals surface area (Å²) in [5, 5.41) is 2.70. The zero-order chi connectivity index (χ0) is 29.5. The minimum absolute atomic E-state index is 0. The van der Waals surface area contributed by atoms with E-state index < -0.39 is 0 Å². The Labute approximate surface area is 298 Å². The molecule has 0 bridgehead atoms. The van der Waals surface area contributed by atoms with Crippen LogP contribution in [0.5, 0.6) is 0 Å². The van der Waals surface area contributed by atoms with Gasteiger partial charge in [-0.2, -0.15) is 0 Å². The van der Waals surface area contributed by atoms with Crippen molar-refractivity contribution in [3.8, 4) is 33.4 Å². The Bertz CT molecular complexity index is 2180. The van der Waals surface area contributed by atoms with Gasteiger partial charge in [-0.05, 0) is 0 Å². The molecule has 2 aliphatic rings. The summed E-state index contributed by atoms with van der Waals surface area (Å²) >= 11 is 1.43. The van der Waals surface area contributed by atoms with Crippen LogP contribution in [-0.4, -0.2) is 0 Å². The van der Waals surface area contributed by atoms with Crippen LogP contribution in [-0.2, 0) is 24.7 Å². The number of halogens is 2. The Hall–Kier alpha value is -4.00. The first-order valence-electron chi connectivity index (χ1n) is 15.2. The van der Waals surface area contributed by atoms with E-state index in [2.05, 4.69) is 164 Å². The van der Waals surface area contributed by atoms with Gasteiger partial charge in [0.05, 0.1) is 0 Å². The molecule has 0 spiro atoms. The van der Waals surface area contributed by atoms with Crippen molar-refractivity contribution in [1.82, 2.24) is 0 Å². The van der Waals surface area contributed by atoms with Crippen molar-refractivity contribution in [2.24, 2.45) is 0 Å². The molecule has 0 atom stereocenters. The molecule has 0 saturated heterocycles. The fraction of sp³-hybridized carbons (Fsp3) is 0.0233. The van der Waals surface area contributed by atoms with Crippen molar-refractivity contribution in [3.05, 3.63) is 197 Å². The Morgan fingerprint density at radius 1 is 0.478 bits per heavy atom. The van der Waals surface area contributed by atoms with Gasteiger partial charge < -0.3 is 24.8 Å². The molecule has 46 heavy (non-hydrogen) atoms. The van der Waals surface area contributed by atoms with Crippen molar-refractivity contribution in [3.63, 3.8) is 0 Å². The van der Waals surface area contributed by atoms with Gasteiger partial charge >= 0.3 is 275 Å². The monoisotopic (exact) mass is 705 g/mol. The third-order valence-electron chi connectivity index (χ3n) is 8.81. The zero-order valence-electron chi connectivity index (χ0n) is 25.1. The Kier molecular flexibility index (Phi) is 9.58. The zero-order valence-corrected chi connectivity index (χ0v) is 29.0. The van der Waals surface area contributed by atoms with Gasteiger partial charge in [-0.15, -0.1) is 0 Å². The second kappa shape index (κ2) is 13.8. The van der Waals surface area contributed by atoms with Crippen molar-refractivity contribution in [2.75, 3.05) is 0 Å². The summed E-state index contributed by atoms with van der Waals surface area (Å²) in [6.45, 7) is 0. The first kappa shape index (κ1) is 32.0. The van der Waals surface area contributed by atoms with Crippen LogP contribution in [0.25, 0.3) is 47.8 Å². The minimum atomic E-state index is 0. The van der Waals surface area contributed by atoms with Gasteiger partial charge in [-0.25, -0.2) is 0 Å². The van der Waals surface area contributed by atoms with Gasteiger partial charge in [0.25, 0.3) is 0 Å². The summed E-state index contributed by atoms with van der Waals surface area (Å²) in [5.41, 5.74) is 15.6. The van der Waals surface area contributed by atoms with E-state index in [4.69, 9.17) is 0 Å². The van der Waals surface area contributed by atoms with Crippen LogP contribution in [0.1, 0.15) is 28.7 Å². The number of benzene rings is 6. The molecule has 8 rings (SSSR count). The summed E-state index contributed by atoms with van der Waals surface area (Å²) in [4.78, 5) is 0. The van der Waals surface area contributed by atoms with E-state index in [1.54, 1.807) is 0 Å². The predicted molar refractivity (Wildman–Crippen MR) is 181 cm³/mol. The van der Waals surface area contributed by atoms with Gasteiger partial charge in [0, 0.05) is 0 Å². The van der Waals surface area contributed by atoms with E-state index in [1.807, 2.05) is 0 Å². The summed E-state index contributed by atoms with van der Waals surface area (Å²) in [5.74, 6) is 0. The summed E-state index contributed by atoms with van der Waals surface area (Å²) in [7, 11) is 0. The molecule has 6 aromatic carbocycles. The number of rotatable bonds is 5. The van der Waals surface area contributed by atoms with Crippen LogP contribution >= 0.6 is 0 Å². The third-order valence-corrected chi connectivity index (χ3v) is 10.1. The molecular weight excluding hydrogens is 679 g/mol. The number of hydrogen-bond donors (Lipinski definition) is 0. The molecule has 0 saturated carbocycles. The van der Waals surface area contributed by atoms with E-state index in [-0.39, 0.29) is 24.8 Å². The summed E-state index contributed by atoms with van der Waals surface area (Å²) in [6, 6.07) is 53.2. The normalized spacial score (nSPS) is 12.5. The van der Waals surface area contributed by atoms with Gasteiger partial charge in [0.15, 0.2) is 0 Å². The maximum absolute atomic E-state index is 2.34. The summed E-state index contributed by atoms with van der Waals surface area (Å²) < 4.78 is 1.44. The molecular formula is C43H29Cl2Zr. The van der Waals surface area contributed by atoms with E-state index in [0.717, 1.165) is 6.42 Å². The van der Waals surface area contributed by atoms with Gasteiger partial charge in [0.2, 0.25) is 0 Å². The molecule has 0 radical (unpaired) electrons. The molecule has 0 nitrogen and oxygen atoms in total. The molecule has 0 aliphatic heterocycles. The van der Waals surface area contributed by atoms with E-state index in [0.29, 0.717) is 0 Å². The molecule has 6 aromatic rings. The molecule has 0 amide bonds. The SMILES string of the molecule is [Cl-].[Cl-].[Zr+2][C]1=c2c(C3=CC=CC3)c(-c3ccccc3)c(=C(c3ccccc3)c3ccccc3)c(-c3ccccc3)c2-c2ccccc21. The average molecular weight is 708 g/mol. The second-order valence-corrected chi connectivity index (χ2v) is 12.6. The summed E-state index contributed by atoms with van der Waals surface area (Å²) in [6.07, 6.45) is 7.80. The van der Waals surface area contributed by atoms with Gasteiger partial charge in [0.1, 0.15) is 0 Å². The average Bonchev–Trinajstić information content (AvgIpc) is 3.73. The molecule has 0 unspecified atom stereocenters. The number of hydrogen-bond acceptors (Lipinski definition) is 0. The van der Waals surface area contributed by atoms with Crippen molar-refractivity contribution >= 4 is 14.4 Å². The molecule has 0 N–H and O–H groups in total.